The van der Waals surface area contributed by atoms with Gasteiger partial charge in [0.25, 0.3) is 5.56 Å². The molecule has 0 aliphatic heterocycles. The number of aromatic amines is 1. The average molecular weight is 341 g/mol. The van der Waals surface area contributed by atoms with Gasteiger partial charge in [-0.25, -0.2) is 9.49 Å². The number of nitrogens with zero attached hydrogens (tertiary/aromatic N) is 4. The second kappa shape index (κ2) is 5.64. The smallest absolute Gasteiger partial charge is 0.262 e. The highest BCUT2D eigenvalue weighted by Crippen LogP contribution is 2.17. The van der Waals surface area contributed by atoms with Crippen molar-refractivity contribution in [3.05, 3.63) is 69.2 Å². The zero-order chi connectivity index (χ0) is 16.7. The molecule has 0 radical (unpaired) electrons. The first-order chi connectivity index (χ1) is 11.7. The summed E-state index contributed by atoms with van der Waals surface area (Å²) < 4.78 is 17.5. The van der Waals surface area contributed by atoms with E-state index in [2.05, 4.69) is 15.2 Å². The van der Waals surface area contributed by atoms with Crippen LogP contribution in [-0.2, 0) is 13.0 Å². The zero-order valence-corrected chi connectivity index (χ0v) is 13.3. The van der Waals surface area contributed by atoms with Crippen molar-refractivity contribution in [1.82, 2.24) is 24.1 Å². The molecule has 3 heterocycles. The van der Waals surface area contributed by atoms with E-state index >= 15 is 0 Å². The molecule has 0 aliphatic carbocycles. The summed E-state index contributed by atoms with van der Waals surface area (Å²) in [4.78, 5) is 16.8. The van der Waals surface area contributed by atoms with Gasteiger partial charge in [-0.15, -0.1) is 5.10 Å². The first-order valence-corrected chi connectivity index (χ1v) is 7.74. The third-order valence-electron chi connectivity index (χ3n) is 3.96. The number of para-hydroxylation sites is 1. The number of rotatable bonds is 3. The number of H-pyrrole nitrogens is 1. The van der Waals surface area contributed by atoms with Crippen molar-refractivity contribution >= 4 is 28.9 Å². The van der Waals surface area contributed by atoms with Gasteiger partial charge in [0, 0.05) is 18.9 Å². The Morgan fingerprint density at radius 1 is 1.21 bits per heavy atom. The molecule has 24 heavy (non-hydrogen) atoms. The van der Waals surface area contributed by atoms with Gasteiger partial charge >= 0.3 is 0 Å². The average Bonchev–Trinajstić information content (AvgIpc) is 2.97. The second-order valence-electron chi connectivity index (χ2n) is 5.36. The Labute approximate surface area is 140 Å². The van der Waals surface area contributed by atoms with E-state index in [0.29, 0.717) is 18.7 Å². The lowest BCUT2D eigenvalue weighted by Crippen LogP contribution is -2.24. The van der Waals surface area contributed by atoms with E-state index in [0.717, 1.165) is 5.56 Å². The fraction of sp³-hybridized carbons (Fsp3) is 0.125. The number of nitrogens with one attached hydrogen (secondary N) is 1. The highest BCUT2D eigenvalue weighted by molar-refractivity contribution is 7.71. The number of hydrogen-bond acceptors (Lipinski definition) is 4. The number of aromatic nitrogens is 5. The Morgan fingerprint density at radius 2 is 2.00 bits per heavy atom. The lowest BCUT2D eigenvalue weighted by molar-refractivity contribution is 0.630. The maximum atomic E-state index is 14.3. The Morgan fingerprint density at radius 3 is 2.79 bits per heavy atom. The maximum Gasteiger partial charge on any atom is 0.262 e. The van der Waals surface area contributed by atoms with Gasteiger partial charge < -0.3 is 0 Å². The molecule has 0 fully saturated rings. The molecule has 120 valence electrons. The SMILES string of the molecule is O=c1c2cccc(F)c2n2c(=S)[nH]nc2n1CCc1ccncc1. The normalized spacial score (nSPS) is 11.4. The van der Waals surface area contributed by atoms with Gasteiger partial charge in [0.15, 0.2) is 0 Å². The fourth-order valence-corrected chi connectivity index (χ4v) is 3.03. The predicted molar refractivity (Wildman–Crippen MR) is 90.0 cm³/mol. The molecule has 3 aromatic heterocycles. The number of fused-ring (bicyclic) bond motifs is 3. The van der Waals surface area contributed by atoms with E-state index in [1.165, 1.54) is 21.1 Å². The summed E-state index contributed by atoms with van der Waals surface area (Å²) in [5, 5.41) is 7.03. The van der Waals surface area contributed by atoms with E-state index in [-0.39, 0.29) is 21.2 Å². The van der Waals surface area contributed by atoms with E-state index in [9.17, 15) is 9.18 Å². The van der Waals surface area contributed by atoms with Crippen LogP contribution in [0.3, 0.4) is 0 Å². The molecule has 8 heteroatoms. The van der Waals surface area contributed by atoms with Gasteiger partial charge in [0.05, 0.1) is 10.9 Å². The van der Waals surface area contributed by atoms with Crippen LogP contribution in [0.25, 0.3) is 16.7 Å². The Bertz CT molecular complexity index is 1160. The number of aryl methyl sites for hydroxylation is 2. The number of hydrogen-bond donors (Lipinski definition) is 1. The number of benzene rings is 1. The summed E-state index contributed by atoms with van der Waals surface area (Å²) in [6, 6.07) is 8.19. The summed E-state index contributed by atoms with van der Waals surface area (Å²) in [5.41, 5.74) is 0.903. The molecule has 1 N–H and O–H groups in total. The first kappa shape index (κ1) is 14.7. The molecule has 0 unspecified atom stereocenters. The van der Waals surface area contributed by atoms with E-state index < -0.39 is 5.82 Å². The van der Waals surface area contributed by atoms with Crippen LogP contribution in [-0.4, -0.2) is 24.1 Å². The molecule has 4 aromatic rings. The van der Waals surface area contributed by atoms with Gasteiger partial charge in [-0.1, -0.05) is 6.07 Å². The Kier molecular flexibility index (Phi) is 3.46. The molecule has 0 amide bonds. The molecule has 6 nitrogen and oxygen atoms in total. The quantitative estimate of drug-likeness (QED) is 0.581. The van der Waals surface area contributed by atoms with E-state index in [1.807, 2.05) is 12.1 Å². The number of pyridine rings is 1. The minimum absolute atomic E-state index is 0.149. The lowest BCUT2D eigenvalue weighted by Gasteiger charge is -2.10. The van der Waals surface area contributed by atoms with Gasteiger partial charge in [-0.3, -0.25) is 18.7 Å². The minimum Gasteiger partial charge on any atom is -0.276 e. The van der Waals surface area contributed by atoms with Crippen LogP contribution in [0.15, 0.2) is 47.5 Å². The molecule has 0 saturated heterocycles. The minimum atomic E-state index is -0.506. The van der Waals surface area contributed by atoms with Crippen molar-refractivity contribution in [2.75, 3.05) is 0 Å². The molecule has 0 atom stereocenters. The van der Waals surface area contributed by atoms with Crippen LogP contribution < -0.4 is 5.56 Å². The standard InChI is InChI=1S/C16H12FN5OS/c17-12-3-1-2-11-13(12)22-15(19-20-16(22)24)21(14(11)23)9-6-10-4-7-18-8-5-10/h1-5,7-8H,6,9H2,(H,20,24). The third-order valence-corrected chi connectivity index (χ3v) is 4.23. The lowest BCUT2D eigenvalue weighted by atomic mass is 10.2. The van der Waals surface area contributed by atoms with Gasteiger partial charge in [0.1, 0.15) is 5.82 Å². The molecule has 1 aromatic carbocycles. The molecule has 0 spiro atoms. The molecule has 0 bridgehead atoms. The van der Waals surface area contributed by atoms with Gasteiger partial charge in [0.2, 0.25) is 10.5 Å². The zero-order valence-electron chi connectivity index (χ0n) is 12.4. The fourth-order valence-electron chi connectivity index (χ4n) is 2.81. The van der Waals surface area contributed by atoms with Crippen molar-refractivity contribution in [3.63, 3.8) is 0 Å². The molecule has 4 rings (SSSR count). The first-order valence-electron chi connectivity index (χ1n) is 7.34. The van der Waals surface area contributed by atoms with E-state index in [4.69, 9.17) is 12.2 Å². The van der Waals surface area contributed by atoms with Gasteiger partial charge in [-0.2, -0.15) is 0 Å². The van der Waals surface area contributed by atoms with Crippen LogP contribution in [0, 0.1) is 10.6 Å². The van der Waals surface area contributed by atoms with Crippen molar-refractivity contribution in [2.24, 2.45) is 0 Å². The Balaban J connectivity index is 1.96. The summed E-state index contributed by atoms with van der Waals surface area (Å²) in [5.74, 6) is -0.204. The highest BCUT2D eigenvalue weighted by atomic mass is 32.1. The Hall–Kier alpha value is -2.87. The summed E-state index contributed by atoms with van der Waals surface area (Å²) in [7, 11) is 0. The molecule has 0 saturated carbocycles. The summed E-state index contributed by atoms with van der Waals surface area (Å²) in [6.45, 7) is 0.401. The molecular formula is C16H12FN5OS. The largest absolute Gasteiger partial charge is 0.276 e. The maximum absolute atomic E-state index is 14.3. The van der Waals surface area contributed by atoms with Crippen LogP contribution in [0.4, 0.5) is 4.39 Å². The van der Waals surface area contributed by atoms with Crippen molar-refractivity contribution in [3.8, 4) is 0 Å². The van der Waals surface area contributed by atoms with Crippen LogP contribution in [0.1, 0.15) is 5.56 Å². The highest BCUT2D eigenvalue weighted by Gasteiger charge is 2.16. The van der Waals surface area contributed by atoms with Crippen LogP contribution in [0.5, 0.6) is 0 Å². The van der Waals surface area contributed by atoms with Crippen LogP contribution >= 0.6 is 12.2 Å². The van der Waals surface area contributed by atoms with Gasteiger partial charge in [-0.05, 0) is 48.5 Å². The molecular weight excluding hydrogens is 329 g/mol. The number of halogens is 1. The van der Waals surface area contributed by atoms with Crippen molar-refractivity contribution in [2.45, 2.75) is 13.0 Å². The van der Waals surface area contributed by atoms with Crippen molar-refractivity contribution in [1.29, 1.82) is 0 Å². The topological polar surface area (TPSA) is 68.0 Å². The van der Waals surface area contributed by atoms with Crippen LogP contribution in [0.2, 0.25) is 0 Å². The third kappa shape index (κ3) is 2.23. The summed E-state index contributed by atoms with van der Waals surface area (Å²) >= 11 is 5.21. The van der Waals surface area contributed by atoms with Crippen molar-refractivity contribution < 1.29 is 4.39 Å². The van der Waals surface area contributed by atoms with E-state index in [1.54, 1.807) is 18.5 Å². The molecule has 0 aliphatic rings. The summed E-state index contributed by atoms with van der Waals surface area (Å²) in [6.07, 6.45) is 4.03. The monoisotopic (exact) mass is 341 g/mol. The predicted octanol–water partition coefficient (Wildman–Crippen LogP) is 2.48. The second-order valence-corrected chi connectivity index (χ2v) is 5.75.